The van der Waals surface area contributed by atoms with Gasteiger partial charge in [0, 0.05) is 5.73 Å². The molecule has 0 saturated carbocycles. The molecule has 0 heterocycles. The standard InChI is InChI=1S/C29H35BrO7P2/c1-8-12-13-14-15-16-17-18-19-21-25(38(9-2,10-3)11-4)37-27(32)29(7,30)24-28(5,6)26(31)36-22-20-23-39(33,34)35/h1,9-11,20,22-24H2,2-7H3,(H-,33,34,35)/p+1. The van der Waals surface area contributed by atoms with Crippen LogP contribution >= 0.6 is 30.8 Å². The maximum atomic E-state index is 13.3. The van der Waals surface area contributed by atoms with Gasteiger partial charge in [-0.1, -0.05) is 21.7 Å². The van der Waals surface area contributed by atoms with Gasteiger partial charge in [0.15, 0.2) is 0 Å². The van der Waals surface area contributed by atoms with Gasteiger partial charge in [0.1, 0.15) is 4.32 Å². The first-order valence-electron chi connectivity index (χ1n) is 12.3. The van der Waals surface area contributed by atoms with Crippen LogP contribution in [0.25, 0.3) is 0 Å². The van der Waals surface area contributed by atoms with Crippen LogP contribution in [0.4, 0.5) is 0 Å². The van der Waals surface area contributed by atoms with E-state index in [1.54, 1.807) is 20.8 Å². The number of carbonyl (C=O) groups excluding carboxylic acids is 2. The van der Waals surface area contributed by atoms with Crippen LogP contribution in [0.3, 0.4) is 0 Å². The van der Waals surface area contributed by atoms with Crippen molar-refractivity contribution in [2.45, 2.75) is 58.7 Å². The summed E-state index contributed by atoms with van der Waals surface area (Å²) in [6.07, 6.45) is 2.07. The molecule has 0 aliphatic heterocycles. The number of hydrogen-bond acceptors (Lipinski definition) is 5. The Bertz CT molecular complexity index is 1330. The van der Waals surface area contributed by atoms with Gasteiger partial charge in [-0.25, -0.2) is 0 Å². The number of halogens is 1. The molecule has 0 rings (SSSR count). The van der Waals surface area contributed by atoms with Gasteiger partial charge in [-0.05, 0) is 107 Å². The van der Waals surface area contributed by atoms with Crippen molar-refractivity contribution in [2.75, 3.05) is 31.3 Å². The molecule has 210 valence electrons. The van der Waals surface area contributed by atoms with E-state index < -0.39 is 36.5 Å². The third kappa shape index (κ3) is 13.9. The molecule has 0 spiro atoms. The number of hydrogen-bond donors (Lipinski definition) is 2. The Balaban J connectivity index is 6.16. The van der Waals surface area contributed by atoms with E-state index in [1.807, 2.05) is 20.8 Å². The van der Waals surface area contributed by atoms with Crippen LogP contribution in [0.5, 0.6) is 0 Å². The second-order valence-corrected chi connectivity index (χ2v) is 17.3. The molecule has 0 aliphatic rings. The van der Waals surface area contributed by atoms with Gasteiger partial charge in [-0.2, -0.15) is 0 Å². The summed E-state index contributed by atoms with van der Waals surface area (Å²) >= 11 is 3.44. The van der Waals surface area contributed by atoms with E-state index >= 15 is 0 Å². The molecule has 0 aromatic carbocycles. The zero-order valence-corrected chi connectivity index (χ0v) is 26.7. The summed E-state index contributed by atoms with van der Waals surface area (Å²) in [6.45, 7) is 14.2. The average molecular weight is 638 g/mol. The molecule has 10 heteroatoms. The zero-order chi connectivity index (χ0) is 30.2. The molecule has 0 saturated heterocycles. The van der Waals surface area contributed by atoms with E-state index in [9.17, 15) is 14.2 Å². The first kappa shape index (κ1) is 36.5. The van der Waals surface area contributed by atoms with Crippen molar-refractivity contribution in [3.63, 3.8) is 0 Å². The van der Waals surface area contributed by atoms with Crippen molar-refractivity contribution in [1.29, 1.82) is 0 Å². The van der Waals surface area contributed by atoms with Crippen molar-refractivity contribution in [3.05, 3.63) is 69.4 Å². The molecule has 0 aromatic rings. The first-order valence-corrected chi connectivity index (χ1v) is 17.2. The summed E-state index contributed by atoms with van der Waals surface area (Å²) in [5.41, 5.74) is 25.1. The van der Waals surface area contributed by atoms with Crippen LogP contribution in [0, 0.1) is 5.41 Å². The summed E-state index contributed by atoms with van der Waals surface area (Å²) in [4.78, 5) is 43.9. The number of rotatable bonds is 13. The zero-order valence-electron chi connectivity index (χ0n) is 23.4. The van der Waals surface area contributed by atoms with E-state index in [2.05, 4.69) is 79.8 Å². The lowest BCUT2D eigenvalue weighted by Gasteiger charge is -2.31. The molecule has 1 unspecified atom stereocenters. The lowest BCUT2D eigenvalue weighted by Crippen LogP contribution is -2.39. The van der Waals surface area contributed by atoms with E-state index in [0.717, 1.165) is 18.5 Å². The largest absolute Gasteiger partial charge is 0.465 e. The molecule has 0 bridgehead atoms. The molecule has 39 heavy (non-hydrogen) atoms. The van der Waals surface area contributed by atoms with Gasteiger partial charge in [-0.15, -0.1) is 0 Å². The smallest absolute Gasteiger partial charge is 0.330 e. The number of esters is 2. The summed E-state index contributed by atoms with van der Waals surface area (Å²) in [6, 6.07) is 0. The highest BCUT2D eigenvalue weighted by molar-refractivity contribution is 9.10. The van der Waals surface area contributed by atoms with Crippen LogP contribution in [-0.4, -0.2) is 57.3 Å². The van der Waals surface area contributed by atoms with Crippen LogP contribution in [0.1, 0.15) is 54.4 Å². The predicted molar refractivity (Wildman–Crippen MR) is 157 cm³/mol. The summed E-state index contributed by atoms with van der Waals surface area (Å²) in [5, 5.41) is 0. The second kappa shape index (κ2) is 17.3. The van der Waals surface area contributed by atoms with Crippen molar-refractivity contribution in [3.8, 4) is 0 Å². The van der Waals surface area contributed by atoms with Gasteiger partial charge in [0.25, 0.3) is 0 Å². The third-order valence-corrected chi connectivity index (χ3v) is 11.9. The van der Waals surface area contributed by atoms with E-state index in [4.69, 9.17) is 19.3 Å². The Morgan fingerprint density at radius 3 is 1.85 bits per heavy atom. The highest BCUT2D eigenvalue weighted by Gasteiger charge is 2.46. The Morgan fingerprint density at radius 2 is 1.38 bits per heavy atom. The molecule has 2 N–H and O–H groups in total. The molecule has 0 aliphatic carbocycles. The van der Waals surface area contributed by atoms with Gasteiger partial charge >= 0.3 is 25.0 Å². The molecule has 0 fully saturated rings. The number of ether oxygens (including phenoxy) is 2. The summed E-state index contributed by atoms with van der Waals surface area (Å²) in [7, 11) is -6.04. The fourth-order valence-corrected chi connectivity index (χ4v) is 7.55. The number of carbonyl (C=O) groups is 2. The van der Waals surface area contributed by atoms with Gasteiger partial charge in [-0.3, -0.25) is 14.2 Å². The summed E-state index contributed by atoms with van der Waals surface area (Å²) < 4.78 is 20.8. The summed E-state index contributed by atoms with van der Waals surface area (Å²) in [5.74, 6) is -1.18. The lowest BCUT2D eigenvalue weighted by atomic mass is 9.83. The van der Waals surface area contributed by atoms with Crippen molar-refractivity contribution in [1.82, 2.24) is 0 Å². The monoisotopic (exact) mass is 637 g/mol. The minimum Gasteiger partial charge on any atom is -0.465 e. The van der Waals surface area contributed by atoms with Gasteiger partial charge in [0.2, 0.25) is 0 Å². The maximum Gasteiger partial charge on any atom is 0.330 e. The first-order chi connectivity index (χ1) is 18.1. The minimum absolute atomic E-state index is 0.0285. The predicted octanol–water partition coefficient (Wildman–Crippen LogP) is 6.31. The van der Waals surface area contributed by atoms with Crippen molar-refractivity contribution >= 4 is 42.7 Å². The van der Waals surface area contributed by atoms with Crippen LogP contribution in [0.15, 0.2) is 69.4 Å². The molecule has 0 amide bonds. The molecule has 0 aromatic heterocycles. The minimum atomic E-state index is -4.17. The Hall–Kier alpha value is -2.46. The molecular formula is C29H36BrO7P2+. The Morgan fingerprint density at radius 1 is 0.897 bits per heavy atom. The lowest BCUT2D eigenvalue weighted by molar-refractivity contribution is -0.155. The quantitative estimate of drug-likeness (QED) is 0.0608. The van der Waals surface area contributed by atoms with E-state index in [-0.39, 0.29) is 25.6 Å². The molecule has 7 nitrogen and oxygen atoms in total. The maximum absolute atomic E-state index is 13.3. The molecule has 1 atom stereocenters. The Kier molecular flexibility index (Phi) is 16.2. The Labute approximate surface area is 240 Å². The van der Waals surface area contributed by atoms with Crippen LogP contribution in [-0.2, 0) is 23.6 Å². The third-order valence-electron chi connectivity index (χ3n) is 5.71. The van der Waals surface area contributed by atoms with Crippen LogP contribution in [0.2, 0.25) is 0 Å². The normalized spacial score (nSPS) is 12.0. The molecular weight excluding hydrogens is 602 g/mol. The van der Waals surface area contributed by atoms with Gasteiger partial charge < -0.3 is 19.3 Å². The number of alkyl halides is 1. The van der Waals surface area contributed by atoms with Gasteiger partial charge in [0.05, 0.1) is 43.9 Å². The van der Waals surface area contributed by atoms with E-state index in [0.29, 0.717) is 5.50 Å². The molecule has 0 radical (unpaired) electrons. The topological polar surface area (TPSA) is 110 Å². The van der Waals surface area contributed by atoms with Crippen LogP contribution < -0.4 is 0 Å². The van der Waals surface area contributed by atoms with E-state index in [1.165, 1.54) is 0 Å². The highest BCUT2D eigenvalue weighted by atomic mass is 79.9. The highest BCUT2D eigenvalue weighted by Crippen LogP contribution is 2.65. The van der Waals surface area contributed by atoms with Crippen molar-refractivity contribution < 1.29 is 33.4 Å². The van der Waals surface area contributed by atoms with Crippen molar-refractivity contribution in [2.24, 2.45) is 5.41 Å². The second-order valence-electron chi connectivity index (χ2n) is 9.23. The fourth-order valence-electron chi connectivity index (χ4n) is 3.46. The fraction of sp³-hybridized carbons (Fsp3) is 0.517. The average Bonchev–Trinajstić information content (AvgIpc) is 2.85. The SMILES string of the molecule is C=C=C=C=C=C=C=C=C=C=C=C(OC(=O)C(C)(Br)CC(C)(C)C(=O)OCCCP(=O)(O)O)[P+](CC)(CC)CC.